The summed E-state index contributed by atoms with van der Waals surface area (Å²) in [6, 6.07) is 34.8. The van der Waals surface area contributed by atoms with Crippen LogP contribution in [-0.4, -0.2) is 150 Å². The number of ether oxygens (including phenoxy) is 6. The minimum absolute atomic E-state index is 0.00368. The summed E-state index contributed by atoms with van der Waals surface area (Å²) >= 11 is 12.0. The van der Waals surface area contributed by atoms with Crippen LogP contribution in [0.5, 0.6) is 34.8 Å². The molecule has 0 aliphatic heterocycles. The molecular weight excluding hydrogens is 1220 g/mol. The highest BCUT2D eigenvalue weighted by atomic mass is 35.5. The summed E-state index contributed by atoms with van der Waals surface area (Å²) in [5.74, 6) is 1.57. The van der Waals surface area contributed by atoms with Gasteiger partial charge in [0.15, 0.2) is 11.6 Å². The van der Waals surface area contributed by atoms with Crippen LogP contribution in [0.15, 0.2) is 121 Å². The maximum atomic E-state index is 14.2. The highest BCUT2D eigenvalue weighted by Gasteiger charge is 2.37. The van der Waals surface area contributed by atoms with Gasteiger partial charge in [0.2, 0.25) is 43.7 Å². The topological polar surface area (TPSA) is 258 Å². The van der Waals surface area contributed by atoms with Crippen LogP contribution in [0.2, 0.25) is 61.4 Å². The average Bonchev–Trinajstić information content (AvgIpc) is 1.64. The predicted molar refractivity (Wildman–Crippen MR) is 340 cm³/mol. The first-order valence-electron chi connectivity index (χ1n) is 27.0. The number of sulfonamides is 2. The van der Waals surface area contributed by atoms with Crippen molar-refractivity contribution in [3.63, 3.8) is 0 Å². The van der Waals surface area contributed by atoms with Crippen LogP contribution in [0.3, 0.4) is 0 Å². The number of rotatable bonds is 26. The van der Waals surface area contributed by atoms with Crippen LogP contribution in [0.4, 0.5) is 11.9 Å². The Morgan fingerprint density at radius 3 is 1.07 bits per heavy atom. The fourth-order valence-corrected chi connectivity index (χ4v) is 14.2. The Morgan fingerprint density at radius 2 is 0.779 bits per heavy atom. The van der Waals surface area contributed by atoms with E-state index in [1.54, 1.807) is 130 Å². The van der Waals surface area contributed by atoms with Gasteiger partial charge in [-0.1, -0.05) is 111 Å². The highest BCUT2D eigenvalue weighted by molar-refractivity contribution is 7.93. The summed E-state index contributed by atoms with van der Waals surface area (Å²) in [4.78, 5) is 9.07. The molecule has 0 aliphatic carbocycles. The lowest BCUT2D eigenvalue weighted by Gasteiger charge is -2.28. The Balaban J connectivity index is 0.000000246. The van der Waals surface area contributed by atoms with E-state index < -0.39 is 59.9 Å². The number of pyridine rings is 2. The third kappa shape index (κ3) is 16.2. The van der Waals surface area contributed by atoms with Crippen molar-refractivity contribution in [3.05, 3.63) is 142 Å². The molecule has 0 fully saturated rings. The van der Waals surface area contributed by atoms with E-state index in [0.717, 1.165) is 0 Å². The van der Waals surface area contributed by atoms with Gasteiger partial charge in [-0.25, -0.2) is 35.4 Å². The molecule has 4 aromatic carbocycles. The monoisotopic (exact) mass is 1290 g/mol. The van der Waals surface area contributed by atoms with E-state index in [4.69, 9.17) is 51.6 Å². The van der Waals surface area contributed by atoms with Crippen molar-refractivity contribution >= 4 is 71.3 Å². The van der Waals surface area contributed by atoms with E-state index in [0.29, 0.717) is 90.8 Å². The van der Waals surface area contributed by atoms with Crippen LogP contribution in [0.1, 0.15) is 23.3 Å². The largest absolute Gasteiger partial charge is 0.494 e. The highest BCUT2D eigenvalue weighted by Crippen LogP contribution is 2.42. The van der Waals surface area contributed by atoms with Gasteiger partial charge in [0.1, 0.15) is 45.8 Å². The third-order valence-corrected chi connectivity index (χ3v) is 20.8. The Kier molecular flexibility index (Phi) is 21.9. The first-order valence-corrected chi connectivity index (χ1v) is 38.4. The average molecular weight is 1290 g/mol. The zero-order valence-electron chi connectivity index (χ0n) is 50.0. The first-order chi connectivity index (χ1) is 40.8. The van der Waals surface area contributed by atoms with E-state index >= 15 is 0 Å². The predicted octanol–water partition coefficient (Wildman–Crippen LogP) is 10.4. The standard InChI is InChI=1S/2C29H36ClN5O6SSi/c2*1-39-24-10-8-11-25(40-2)27(24)35-28(22-9-7-12-26(31-22)41-3)32-33-29(35)34(17-18-43(4,5)6)42(37,38)19-23(36)20-13-15-21(30)16-14-20/h2*7-16,23,36H,17-19H2,1-6H3/t2*23-/m10/s1. The number of hydrogen-bond acceptors (Lipinski definition) is 18. The number of aliphatic hydroxyl groups excluding tert-OH is 2. The second-order valence-corrected chi connectivity index (χ2v) is 37.9. The summed E-state index contributed by atoms with van der Waals surface area (Å²) in [6.45, 7) is 13.2. The molecule has 0 radical (unpaired) electrons. The van der Waals surface area contributed by atoms with Crippen LogP contribution in [0, 0.1) is 0 Å². The van der Waals surface area contributed by atoms with Crippen LogP contribution in [0.25, 0.3) is 34.4 Å². The molecule has 0 saturated carbocycles. The zero-order chi connectivity index (χ0) is 62.7. The van der Waals surface area contributed by atoms with Crippen molar-refractivity contribution in [2.45, 2.75) is 63.6 Å². The molecular formula is C58H72Cl2N10O12S2Si2. The molecule has 4 aromatic heterocycles. The van der Waals surface area contributed by atoms with E-state index in [9.17, 15) is 27.0 Å². The second-order valence-electron chi connectivity index (χ2n) is 21.9. The lowest BCUT2D eigenvalue weighted by Crippen LogP contribution is -2.40. The van der Waals surface area contributed by atoms with Crippen molar-refractivity contribution < 1.29 is 55.5 Å². The van der Waals surface area contributed by atoms with Gasteiger partial charge >= 0.3 is 0 Å². The van der Waals surface area contributed by atoms with Gasteiger partial charge < -0.3 is 38.6 Å². The van der Waals surface area contributed by atoms with Crippen LogP contribution in [-0.2, 0) is 20.0 Å². The minimum Gasteiger partial charge on any atom is -0.494 e. The van der Waals surface area contributed by atoms with Gasteiger partial charge in [-0.05, 0) is 83.9 Å². The molecule has 4 heterocycles. The van der Waals surface area contributed by atoms with E-state index in [2.05, 4.69) is 69.6 Å². The molecule has 8 rings (SSSR count). The molecule has 2 N–H and O–H groups in total. The van der Waals surface area contributed by atoms with E-state index in [1.807, 2.05) is 0 Å². The van der Waals surface area contributed by atoms with Crippen molar-refractivity contribution in [2.24, 2.45) is 0 Å². The molecule has 460 valence electrons. The first kappa shape index (κ1) is 66.2. The fraction of sp³-hybridized carbons (Fsp3) is 0.345. The van der Waals surface area contributed by atoms with Gasteiger partial charge in [0.25, 0.3) is 0 Å². The summed E-state index contributed by atoms with van der Waals surface area (Å²) in [7, 11) is -2.86. The van der Waals surface area contributed by atoms with Gasteiger partial charge in [-0.3, -0.25) is 9.13 Å². The van der Waals surface area contributed by atoms with Crippen molar-refractivity contribution in [1.29, 1.82) is 0 Å². The second kappa shape index (κ2) is 28.5. The minimum atomic E-state index is -4.18. The number of halogens is 2. The van der Waals surface area contributed by atoms with Crippen molar-refractivity contribution in [1.82, 2.24) is 39.5 Å². The van der Waals surface area contributed by atoms with Crippen LogP contribution >= 0.6 is 23.2 Å². The van der Waals surface area contributed by atoms with Gasteiger partial charge in [0, 0.05) is 51.4 Å². The Bertz CT molecular complexity index is 3520. The summed E-state index contributed by atoms with van der Waals surface area (Å²) in [6.07, 6.45) is -2.62. The Labute approximate surface area is 514 Å². The van der Waals surface area contributed by atoms with E-state index in [-0.39, 0.29) is 36.6 Å². The number of anilines is 2. The molecule has 0 saturated heterocycles. The summed E-state index contributed by atoms with van der Waals surface area (Å²) < 4.78 is 95.9. The molecule has 86 heavy (non-hydrogen) atoms. The molecule has 8 aromatic rings. The number of para-hydroxylation sites is 2. The normalized spacial score (nSPS) is 12.6. The summed E-state index contributed by atoms with van der Waals surface area (Å²) in [5, 5.41) is 40.7. The van der Waals surface area contributed by atoms with Gasteiger partial charge in [-0.2, -0.15) is 0 Å². The number of aromatic nitrogens is 8. The number of hydrogen-bond donors (Lipinski definition) is 2. The fourth-order valence-electron chi connectivity index (χ4n) is 8.77. The molecule has 28 heteroatoms. The smallest absolute Gasteiger partial charge is 0.246 e. The van der Waals surface area contributed by atoms with Gasteiger partial charge in [-0.15, -0.1) is 20.4 Å². The maximum Gasteiger partial charge on any atom is 0.246 e. The molecule has 0 aliphatic rings. The lowest BCUT2D eigenvalue weighted by molar-refractivity contribution is 0.201. The SMILES string of the molecule is COc1cccc(-c2nnc(N(CC[Si](C)(C)C)S(=O)(=O)C[C@@H](O)c3ccc(Cl)cc3)n2-c2c(OC)cccc2OC)n1.COc1cccc(-c2nnc(N(CC[Si](C)(C)C)S(=O)(=O)C[C@H](O)c3ccc(Cl)cc3)n2-c2c(OC)cccc2OC)n1. The number of methoxy groups -OCH3 is 6. The molecule has 0 unspecified atom stereocenters. The maximum absolute atomic E-state index is 14.2. The van der Waals surface area contributed by atoms with Crippen LogP contribution < -0.4 is 37.0 Å². The number of aliphatic hydroxyl groups is 2. The van der Waals surface area contributed by atoms with Crippen molar-refractivity contribution in [2.75, 3.05) is 75.9 Å². The molecule has 0 amide bonds. The third-order valence-electron chi connectivity index (χ3n) is 13.4. The molecule has 0 bridgehead atoms. The number of benzene rings is 4. The Hall–Kier alpha value is -7.31. The van der Waals surface area contributed by atoms with Crippen molar-refractivity contribution in [3.8, 4) is 69.2 Å². The van der Waals surface area contributed by atoms with E-state index in [1.165, 1.54) is 51.3 Å². The Morgan fingerprint density at radius 1 is 0.465 bits per heavy atom. The molecule has 0 spiro atoms. The van der Waals surface area contributed by atoms with Gasteiger partial charge in [0.05, 0.1) is 66.4 Å². The summed E-state index contributed by atoms with van der Waals surface area (Å²) in [5.41, 5.74) is 2.39. The molecule has 2 atom stereocenters. The zero-order valence-corrected chi connectivity index (χ0v) is 55.1. The lowest BCUT2D eigenvalue weighted by atomic mass is 10.1. The molecule has 22 nitrogen and oxygen atoms in total. The number of nitrogens with zero attached hydrogens (tertiary/aromatic N) is 10. The quantitative estimate of drug-likeness (QED) is 0.0478.